The molecule has 1 heterocycles. The van der Waals surface area contributed by atoms with Gasteiger partial charge in [0.1, 0.15) is 6.10 Å². The fourth-order valence-corrected chi connectivity index (χ4v) is 4.29. The fraction of sp³-hybridized carbons (Fsp3) is 0.619. The highest BCUT2D eigenvalue weighted by molar-refractivity contribution is 5.76. The Morgan fingerprint density at radius 2 is 2.04 bits per heavy atom. The molecule has 1 aromatic carbocycles. The average molecular weight is 343 g/mol. The van der Waals surface area contributed by atoms with Crippen molar-refractivity contribution in [2.75, 3.05) is 0 Å². The number of carbonyl (C=O) groups excluding carboxylic acids is 1. The molecule has 0 N–H and O–H groups in total. The van der Waals surface area contributed by atoms with Crippen LogP contribution >= 0.6 is 0 Å². The van der Waals surface area contributed by atoms with Gasteiger partial charge in [-0.2, -0.15) is 0 Å². The number of fused-ring (bicyclic) bond motifs is 1. The number of nitrogens with zero attached hydrogens (tertiary/aromatic N) is 2. The molecule has 2 aromatic rings. The van der Waals surface area contributed by atoms with Crippen molar-refractivity contribution in [3.8, 4) is 0 Å². The lowest BCUT2D eigenvalue weighted by molar-refractivity contribution is -0.652. The van der Waals surface area contributed by atoms with Gasteiger partial charge in [0, 0.05) is 6.92 Å². The van der Waals surface area contributed by atoms with Crippen LogP contribution in [0, 0.1) is 24.7 Å². The lowest BCUT2D eigenvalue weighted by Crippen LogP contribution is -2.37. The van der Waals surface area contributed by atoms with Crippen LogP contribution in [0.4, 0.5) is 0 Å². The van der Waals surface area contributed by atoms with E-state index >= 15 is 0 Å². The monoisotopic (exact) mass is 343 g/mol. The number of rotatable bonds is 4. The molecule has 0 amide bonds. The highest BCUT2D eigenvalue weighted by Crippen LogP contribution is 2.35. The molecule has 1 aliphatic carbocycles. The molecule has 1 aromatic heterocycles. The number of esters is 1. The SMILES string of the molecule is Cc1n(CC(=O)O[C@H]2C[C@@H](C)CC[C@H]2C(C)C)c2ccccc2[n+]1C. The second-order valence-electron chi connectivity index (χ2n) is 8.04. The van der Waals surface area contributed by atoms with Gasteiger partial charge in [0.05, 0.1) is 7.05 Å². The number of imidazole rings is 1. The van der Waals surface area contributed by atoms with Crippen LogP contribution in [0.15, 0.2) is 24.3 Å². The quantitative estimate of drug-likeness (QED) is 0.625. The van der Waals surface area contributed by atoms with Crippen molar-refractivity contribution in [2.24, 2.45) is 24.8 Å². The van der Waals surface area contributed by atoms with Crippen LogP contribution in [-0.4, -0.2) is 16.6 Å². The number of para-hydroxylation sites is 2. The van der Waals surface area contributed by atoms with Gasteiger partial charge < -0.3 is 4.74 Å². The van der Waals surface area contributed by atoms with Crippen molar-refractivity contribution < 1.29 is 14.1 Å². The van der Waals surface area contributed by atoms with E-state index in [2.05, 4.69) is 42.0 Å². The first-order valence-corrected chi connectivity index (χ1v) is 9.51. The Morgan fingerprint density at radius 3 is 2.76 bits per heavy atom. The van der Waals surface area contributed by atoms with Crippen molar-refractivity contribution in [1.29, 1.82) is 0 Å². The molecule has 3 rings (SSSR count). The standard InChI is InChI=1S/C21H31N2O2/c1-14(2)17-11-10-15(3)12-20(17)25-21(24)13-23-16(4)22(5)18-8-6-7-9-19(18)23/h6-9,14-15,17,20H,10-13H2,1-5H3/q+1/t15-,17-,20-/m0/s1. The van der Waals surface area contributed by atoms with Crippen LogP contribution in [0.1, 0.15) is 45.9 Å². The third kappa shape index (κ3) is 3.58. The number of benzene rings is 1. The molecule has 4 heteroatoms. The summed E-state index contributed by atoms with van der Waals surface area (Å²) in [5, 5.41) is 0. The van der Waals surface area contributed by atoms with Gasteiger partial charge in [-0.05, 0) is 42.7 Å². The van der Waals surface area contributed by atoms with Crippen LogP contribution in [0.2, 0.25) is 0 Å². The molecule has 25 heavy (non-hydrogen) atoms. The third-order valence-electron chi connectivity index (χ3n) is 5.94. The summed E-state index contributed by atoms with van der Waals surface area (Å²) < 4.78 is 10.2. The summed E-state index contributed by atoms with van der Waals surface area (Å²) in [5.74, 6) is 2.63. The molecule has 1 fully saturated rings. The molecule has 1 aliphatic rings. The topological polar surface area (TPSA) is 35.1 Å². The number of hydrogen-bond donors (Lipinski definition) is 0. The summed E-state index contributed by atoms with van der Waals surface area (Å²) in [6.07, 6.45) is 3.46. The number of carbonyl (C=O) groups is 1. The van der Waals surface area contributed by atoms with Crippen LogP contribution < -0.4 is 4.57 Å². The van der Waals surface area contributed by atoms with E-state index in [1.54, 1.807) is 0 Å². The molecule has 0 aliphatic heterocycles. The zero-order valence-corrected chi connectivity index (χ0v) is 16.2. The minimum absolute atomic E-state index is 0.0622. The first kappa shape index (κ1) is 18.0. The molecule has 0 saturated heterocycles. The van der Waals surface area contributed by atoms with E-state index in [-0.39, 0.29) is 18.6 Å². The van der Waals surface area contributed by atoms with E-state index in [0.29, 0.717) is 17.8 Å². The second kappa shape index (κ2) is 7.19. The van der Waals surface area contributed by atoms with E-state index in [0.717, 1.165) is 29.7 Å². The molecule has 4 nitrogen and oxygen atoms in total. The van der Waals surface area contributed by atoms with Crippen molar-refractivity contribution in [1.82, 2.24) is 4.57 Å². The fourth-order valence-electron chi connectivity index (χ4n) is 4.29. The Hall–Kier alpha value is -1.84. The molecule has 3 atom stereocenters. The van der Waals surface area contributed by atoms with E-state index in [4.69, 9.17) is 4.74 Å². The first-order chi connectivity index (χ1) is 11.9. The van der Waals surface area contributed by atoms with E-state index in [1.807, 2.05) is 26.1 Å². The van der Waals surface area contributed by atoms with Gasteiger partial charge in [-0.1, -0.05) is 39.3 Å². The molecule has 0 spiro atoms. The van der Waals surface area contributed by atoms with Gasteiger partial charge in [-0.3, -0.25) is 0 Å². The molecule has 0 radical (unpaired) electrons. The number of hydrogen-bond acceptors (Lipinski definition) is 2. The molecule has 0 bridgehead atoms. The van der Waals surface area contributed by atoms with E-state index in [1.165, 1.54) is 6.42 Å². The van der Waals surface area contributed by atoms with Gasteiger partial charge in [0.2, 0.25) is 0 Å². The van der Waals surface area contributed by atoms with Crippen molar-refractivity contribution in [2.45, 2.75) is 59.6 Å². The average Bonchev–Trinajstić information content (AvgIpc) is 2.80. The number of aryl methyl sites for hydroxylation is 1. The van der Waals surface area contributed by atoms with Crippen LogP contribution in [0.25, 0.3) is 11.0 Å². The van der Waals surface area contributed by atoms with E-state index < -0.39 is 0 Å². The predicted molar refractivity (Wildman–Crippen MR) is 99.1 cm³/mol. The maximum atomic E-state index is 12.7. The smallest absolute Gasteiger partial charge is 0.348 e. The predicted octanol–water partition coefficient (Wildman–Crippen LogP) is 3.78. The molecular weight excluding hydrogens is 312 g/mol. The Kier molecular flexibility index (Phi) is 5.16. The minimum Gasteiger partial charge on any atom is -0.459 e. The zero-order chi connectivity index (χ0) is 18.1. The van der Waals surface area contributed by atoms with Crippen LogP contribution in [0.3, 0.4) is 0 Å². The maximum Gasteiger partial charge on any atom is 0.348 e. The highest BCUT2D eigenvalue weighted by Gasteiger charge is 2.34. The number of ether oxygens (including phenoxy) is 1. The Balaban J connectivity index is 1.77. The summed E-state index contributed by atoms with van der Waals surface area (Å²) in [7, 11) is 2.04. The van der Waals surface area contributed by atoms with Crippen molar-refractivity contribution in [3.63, 3.8) is 0 Å². The summed E-state index contributed by atoms with van der Waals surface area (Å²) in [6, 6.07) is 8.19. The molecular formula is C21H31N2O2+. The Morgan fingerprint density at radius 1 is 1.32 bits per heavy atom. The lowest BCUT2D eigenvalue weighted by Gasteiger charge is -2.36. The van der Waals surface area contributed by atoms with Gasteiger partial charge in [0.25, 0.3) is 5.82 Å². The van der Waals surface area contributed by atoms with Crippen LogP contribution in [0.5, 0.6) is 0 Å². The maximum absolute atomic E-state index is 12.7. The van der Waals surface area contributed by atoms with Gasteiger partial charge >= 0.3 is 5.97 Å². The van der Waals surface area contributed by atoms with Gasteiger partial charge in [0.15, 0.2) is 17.6 Å². The van der Waals surface area contributed by atoms with E-state index in [9.17, 15) is 4.79 Å². The summed E-state index contributed by atoms with van der Waals surface area (Å²) >= 11 is 0. The Bertz CT molecular complexity index is 763. The largest absolute Gasteiger partial charge is 0.459 e. The molecule has 136 valence electrons. The lowest BCUT2D eigenvalue weighted by atomic mass is 9.75. The van der Waals surface area contributed by atoms with Crippen molar-refractivity contribution >= 4 is 17.0 Å². The summed E-state index contributed by atoms with van der Waals surface area (Å²) in [4.78, 5) is 12.7. The van der Waals surface area contributed by atoms with Crippen molar-refractivity contribution in [3.05, 3.63) is 30.1 Å². The second-order valence-corrected chi connectivity index (χ2v) is 8.04. The Labute approximate surface area is 150 Å². The third-order valence-corrected chi connectivity index (χ3v) is 5.94. The first-order valence-electron chi connectivity index (χ1n) is 9.51. The van der Waals surface area contributed by atoms with Gasteiger partial charge in [-0.25, -0.2) is 13.9 Å². The zero-order valence-electron chi connectivity index (χ0n) is 16.2. The summed E-state index contributed by atoms with van der Waals surface area (Å²) in [6.45, 7) is 9.08. The molecule has 0 unspecified atom stereocenters. The normalized spacial score (nSPS) is 24.0. The highest BCUT2D eigenvalue weighted by atomic mass is 16.5. The minimum atomic E-state index is -0.116. The van der Waals surface area contributed by atoms with Crippen LogP contribution in [-0.2, 0) is 23.1 Å². The summed E-state index contributed by atoms with van der Waals surface area (Å²) in [5.41, 5.74) is 2.22. The molecule has 1 saturated carbocycles. The number of aromatic nitrogens is 2. The van der Waals surface area contributed by atoms with Gasteiger partial charge in [-0.15, -0.1) is 0 Å².